The molecule has 0 aromatic heterocycles. The number of nitrogens with one attached hydrogen (secondary N) is 1. The van der Waals surface area contributed by atoms with E-state index in [0.717, 1.165) is 0 Å². The van der Waals surface area contributed by atoms with E-state index in [0.29, 0.717) is 0 Å². The average Bonchev–Trinajstić information content (AvgIpc) is 2.27. The molecule has 0 spiro atoms. The largest absolute Gasteiger partial charge is 0.345 e. The van der Waals surface area contributed by atoms with Gasteiger partial charge in [0.05, 0.1) is 0 Å². The Morgan fingerprint density at radius 3 is 2.07 bits per heavy atom. The summed E-state index contributed by atoms with van der Waals surface area (Å²) in [6.07, 6.45) is -0.205. The third-order valence-corrected chi connectivity index (χ3v) is 2.11. The van der Waals surface area contributed by atoms with E-state index in [1.165, 1.54) is 4.72 Å². The molecule has 9 heteroatoms. The van der Waals surface area contributed by atoms with Crippen molar-refractivity contribution in [2.75, 3.05) is 0 Å². The molecule has 1 heterocycles. The Balaban J connectivity index is 2.80. The summed E-state index contributed by atoms with van der Waals surface area (Å²) in [6, 6.07) is -1.34. The molecule has 0 aromatic rings. The van der Waals surface area contributed by atoms with Crippen LogP contribution in [-0.2, 0) is 18.8 Å². The van der Waals surface area contributed by atoms with Gasteiger partial charge in [-0.25, -0.2) is 9.52 Å². The van der Waals surface area contributed by atoms with Crippen LogP contribution in [-0.4, -0.2) is 31.2 Å². The van der Waals surface area contributed by atoms with Gasteiger partial charge < -0.3 is 0 Å². The number of urea groups is 1. The monoisotopic (exact) mass is 240 g/mol. The van der Waals surface area contributed by atoms with Crippen LogP contribution < -0.4 is 4.72 Å². The van der Waals surface area contributed by atoms with Gasteiger partial charge in [0.15, 0.2) is 0 Å². The Morgan fingerprint density at radius 2 is 1.71 bits per heavy atom. The van der Waals surface area contributed by atoms with Crippen molar-refractivity contribution in [2.45, 2.75) is 12.8 Å². The quantitative estimate of drug-likeness (QED) is 0.484. The van der Waals surface area contributed by atoms with Gasteiger partial charge >= 0.3 is 15.3 Å². The summed E-state index contributed by atoms with van der Waals surface area (Å²) < 4.78 is 22.1. The van der Waals surface area contributed by atoms with E-state index in [2.05, 4.69) is 0 Å². The number of carbonyl (C=O) groups is 3. The second-order valence-corrected chi connectivity index (χ2v) is 4.77. The zero-order chi connectivity index (χ0) is 10.9. The van der Waals surface area contributed by atoms with Gasteiger partial charge in [0.25, 0.3) is 0 Å². The Hall–Kier alpha value is -1.15. The summed E-state index contributed by atoms with van der Waals surface area (Å²) in [6.45, 7) is 0. The molecule has 14 heavy (non-hydrogen) atoms. The molecular weight excluding hydrogens is 236 g/mol. The first kappa shape index (κ1) is 10.9. The van der Waals surface area contributed by atoms with Crippen molar-refractivity contribution < 1.29 is 22.8 Å². The minimum Gasteiger partial charge on any atom is -0.274 e. The Bertz CT molecular complexity index is 386. The summed E-state index contributed by atoms with van der Waals surface area (Å²) in [7, 11) is 0.412. The maximum Gasteiger partial charge on any atom is 0.345 e. The highest BCUT2D eigenvalue weighted by Gasteiger charge is 2.35. The van der Waals surface area contributed by atoms with E-state index in [1.807, 2.05) is 0 Å². The molecule has 0 saturated carbocycles. The zero-order valence-corrected chi connectivity index (χ0v) is 8.26. The number of likely N-dealkylation sites (tertiary alicyclic amines) is 1. The lowest BCUT2D eigenvalue weighted by Crippen LogP contribution is -2.44. The smallest absolute Gasteiger partial charge is 0.274 e. The highest BCUT2D eigenvalue weighted by molar-refractivity contribution is 8.12. The molecule has 1 aliphatic rings. The van der Waals surface area contributed by atoms with Crippen LogP contribution in [0, 0.1) is 0 Å². The first-order valence-electron chi connectivity index (χ1n) is 3.43. The topological polar surface area (TPSA) is 101 Å². The number of carbonyl (C=O) groups excluding carboxylic acids is 3. The molecule has 0 bridgehead atoms. The lowest BCUT2D eigenvalue weighted by atomic mass is 10.4. The summed E-state index contributed by atoms with van der Waals surface area (Å²) in [4.78, 5) is 33.1. The molecule has 1 fully saturated rings. The molecule has 78 valence electrons. The summed E-state index contributed by atoms with van der Waals surface area (Å²) in [5.74, 6) is -1.49. The summed E-state index contributed by atoms with van der Waals surface area (Å²) in [5, 5.41) is 0. The van der Waals surface area contributed by atoms with E-state index in [9.17, 15) is 22.8 Å². The molecular formula is C5H5ClN2O5S. The van der Waals surface area contributed by atoms with E-state index < -0.39 is 27.1 Å². The van der Waals surface area contributed by atoms with Crippen molar-refractivity contribution in [3.8, 4) is 0 Å². The second kappa shape index (κ2) is 3.54. The Kier molecular flexibility index (Phi) is 2.76. The molecule has 0 aliphatic carbocycles. The highest BCUT2D eigenvalue weighted by Crippen LogP contribution is 2.12. The molecule has 1 aliphatic heterocycles. The van der Waals surface area contributed by atoms with Gasteiger partial charge in [0.1, 0.15) is 0 Å². The van der Waals surface area contributed by atoms with E-state index in [4.69, 9.17) is 10.7 Å². The van der Waals surface area contributed by atoms with Gasteiger partial charge in [0.2, 0.25) is 11.8 Å². The first-order valence-corrected chi connectivity index (χ1v) is 5.74. The van der Waals surface area contributed by atoms with Crippen LogP contribution >= 0.6 is 10.7 Å². The average molecular weight is 241 g/mol. The number of nitrogens with zero attached hydrogens (tertiary/aromatic N) is 1. The van der Waals surface area contributed by atoms with Crippen molar-refractivity contribution in [2.24, 2.45) is 0 Å². The third kappa shape index (κ3) is 2.42. The molecule has 0 aromatic carbocycles. The molecule has 1 rings (SSSR count). The lowest BCUT2D eigenvalue weighted by Gasteiger charge is -2.10. The van der Waals surface area contributed by atoms with Crippen molar-refractivity contribution >= 4 is 37.8 Å². The first-order chi connectivity index (χ1) is 6.31. The molecule has 4 amide bonds. The third-order valence-electron chi connectivity index (χ3n) is 1.46. The fourth-order valence-corrected chi connectivity index (χ4v) is 1.45. The summed E-state index contributed by atoms with van der Waals surface area (Å²) in [5.41, 5.74) is 0. The fourth-order valence-electron chi connectivity index (χ4n) is 0.953. The maximum absolute atomic E-state index is 11.0. The van der Waals surface area contributed by atoms with Crippen LogP contribution in [0.2, 0.25) is 0 Å². The van der Waals surface area contributed by atoms with Crippen LogP contribution in [0.3, 0.4) is 0 Å². The zero-order valence-electron chi connectivity index (χ0n) is 6.69. The normalized spacial score (nSPS) is 17.4. The summed E-state index contributed by atoms with van der Waals surface area (Å²) >= 11 is 0. The van der Waals surface area contributed by atoms with Gasteiger partial charge in [-0.3, -0.25) is 9.59 Å². The standard InChI is InChI=1S/C5H5ClN2O5S/c6-14(12,13)7-5(11)8-3(9)1-2-4(8)10/h1-2H2,(H,7,11). The van der Waals surface area contributed by atoms with Gasteiger partial charge in [-0.2, -0.15) is 13.3 Å². The van der Waals surface area contributed by atoms with Crippen LogP contribution in [0.1, 0.15) is 12.8 Å². The fraction of sp³-hybridized carbons (Fsp3) is 0.400. The predicted molar refractivity (Wildman–Crippen MR) is 44.4 cm³/mol. The second-order valence-electron chi connectivity index (χ2n) is 2.47. The molecule has 1 saturated heterocycles. The minimum absolute atomic E-state index is 0.103. The number of rotatable bonds is 1. The van der Waals surface area contributed by atoms with Gasteiger partial charge in [0, 0.05) is 23.5 Å². The van der Waals surface area contributed by atoms with E-state index in [1.54, 1.807) is 0 Å². The number of amides is 4. The SMILES string of the molecule is O=C1CCC(=O)N1C(=O)NS(=O)(=O)Cl. The van der Waals surface area contributed by atoms with E-state index >= 15 is 0 Å². The van der Waals surface area contributed by atoms with E-state index in [-0.39, 0.29) is 17.7 Å². The van der Waals surface area contributed by atoms with Gasteiger partial charge in [-0.1, -0.05) is 0 Å². The predicted octanol–water partition coefficient (Wildman–Crippen LogP) is -0.671. The van der Waals surface area contributed by atoms with Crippen molar-refractivity contribution in [3.05, 3.63) is 0 Å². The van der Waals surface area contributed by atoms with Gasteiger partial charge in [-0.05, 0) is 0 Å². The Morgan fingerprint density at radius 1 is 1.29 bits per heavy atom. The number of imide groups is 3. The number of hydrogen-bond donors (Lipinski definition) is 1. The number of halogens is 1. The highest BCUT2D eigenvalue weighted by atomic mass is 35.7. The molecule has 7 nitrogen and oxygen atoms in total. The molecule has 1 N–H and O–H groups in total. The molecule has 0 unspecified atom stereocenters. The Labute approximate surface area is 83.6 Å². The van der Waals surface area contributed by atoms with Crippen LogP contribution in [0.5, 0.6) is 0 Å². The molecule has 0 atom stereocenters. The number of hydrogen-bond acceptors (Lipinski definition) is 5. The van der Waals surface area contributed by atoms with Crippen molar-refractivity contribution in [3.63, 3.8) is 0 Å². The minimum atomic E-state index is -4.28. The molecule has 0 radical (unpaired) electrons. The van der Waals surface area contributed by atoms with Crippen LogP contribution in [0.15, 0.2) is 0 Å². The van der Waals surface area contributed by atoms with Crippen LogP contribution in [0.25, 0.3) is 0 Å². The van der Waals surface area contributed by atoms with Gasteiger partial charge in [-0.15, -0.1) is 0 Å². The van der Waals surface area contributed by atoms with Crippen LogP contribution in [0.4, 0.5) is 4.79 Å². The maximum atomic E-state index is 11.0. The van der Waals surface area contributed by atoms with Crippen molar-refractivity contribution in [1.82, 2.24) is 9.62 Å². The van der Waals surface area contributed by atoms with Crippen molar-refractivity contribution in [1.29, 1.82) is 0 Å². The lowest BCUT2D eigenvalue weighted by molar-refractivity contribution is -0.134.